The van der Waals surface area contributed by atoms with Gasteiger partial charge in [0, 0.05) is 63.2 Å². The molecule has 0 unspecified atom stereocenters. The fraction of sp³-hybridized carbons (Fsp3) is 0.415. The number of nitrogens with zero attached hydrogens (tertiary/aromatic N) is 1. The Balaban J connectivity index is 0.000000301. The van der Waals surface area contributed by atoms with Gasteiger partial charge in [0.05, 0.1) is 0 Å². The van der Waals surface area contributed by atoms with E-state index in [0.717, 1.165) is 36.9 Å². The van der Waals surface area contributed by atoms with Gasteiger partial charge in [0.1, 0.15) is 5.76 Å². The van der Waals surface area contributed by atoms with Gasteiger partial charge in [0.25, 0.3) is 0 Å². The van der Waals surface area contributed by atoms with Gasteiger partial charge < -0.3 is 5.11 Å². The fourth-order valence-corrected chi connectivity index (χ4v) is 8.49. The van der Waals surface area contributed by atoms with E-state index in [2.05, 4.69) is 87.0 Å². The van der Waals surface area contributed by atoms with Crippen LogP contribution in [-0.4, -0.2) is 15.9 Å². The quantitative estimate of drug-likeness (QED) is 0.0657. The summed E-state index contributed by atoms with van der Waals surface area (Å²) in [5.41, 5.74) is 2.96. The standard InChI is InChI=1S/C26H22NS3.C15H28O2.Ir/c1-5-11-28-18-6-7-19-20-8-10-27-23(25(20)30-22(19)15-18)17-13-16-9-12-29-24(16)21(14-17)26(2,3)4;1-7-14(5,8-2)12(16)11-13(17)15(6,9-3)10-4;/h5-12,14-15H,1-4H3;11,16H,7-10H2,1-6H3;/q-1;;/b11-5+;12-11-;. The van der Waals surface area contributed by atoms with Gasteiger partial charge >= 0.3 is 0 Å². The van der Waals surface area contributed by atoms with Gasteiger partial charge in [-0.25, -0.2) is 0 Å². The number of pyridine rings is 1. The molecule has 0 saturated carbocycles. The maximum Gasteiger partial charge on any atom is 0.164 e. The Morgan fingerprint density at radius 3 is 2.19 bits per heavy atom. The number of carbonyl (C=O) groups is 1. The summed E-state index contributed by atoms with van der Waals surface area (Å²) >= 11 is 5.40. The van der Waals surface area contributed by atoms with Crippen LogP contribution in [0.3, 0.4) is 0 Å². The van der Waals surface area contributed by atoms with Crippen molar-refractivity contribution in [3.05, 3.63) is 82.9 Å². The summed E-state index contributed by atoms with van der Waals surface area (Å²) in [6.45, 7) is 21.0. The van der Waals surface area contributed by atoms with Gasteiger partial charge in [-0.2, -0.15) is 11.3 Å². The molecule has 5 rings (SSSR count). The molecule has 0 aliphatic carbocycles. The number of aliphatic hydroxyl groups excluding tert-OH is 1. The molecule has 0 saturated heterocycles. The fourth-order valence-electron chi connectivity index (χ4n) is 5.47. The molecule has 0 bridgehead atoms. The van der Waals surface area contributed by atoms with E-state index in [1.807, 2.05) is 59.1 Å². The molecule has 0 aliphatic rings. The predicted octanol–water partition coefficient (Wildman–Crippen LogP) is 13.7. The van der Waals surface area contributed by atoms with Gasteiger partial charge in [-0.05, 0) is 82.5 Å². The molecule has 5 aromatic rings. The van der Waals surface area contributed by atoms with Crippen molar-refractivity contribution < 1.29 is 30.0 Å². The van der Waals surface area contributed by atoms with Gasteiger partial charge in [-0.3, -0.25) is 9.78 Å². The van der Waals surface area contributed by atoms with Crippen molar-refractivity contribution in [3.8, 4) is 11.3 Å². The molecular formula is C41H50IrNO2S3-. The topological polar surface area (TPSA) is 50.2 Å². The van der Waals surface area contributed by atoms with Crippen molar-refractivity contribution in [1.29, 1.82) is 0 Å². The predicted molar refractivity (Wildman–Crippen MR) is 209 cm³/mol. The van der Waals surface area contributed by atoms with Gasteiger partial charge in [-0.15, -0.1) is 34.9 Å². The summed E-state index contributed by atoms with van der Waals surface area (Å²) in [5.74, 6) is 0.286. The normalized spacial score (nSPS) is 12.8. The van der Waals surface area contributed by atoms with Crippen molar-refractivity contribution in [2.45, 2.75) is 105 Å². The van der Waals surface area contributed by atoms with Crippen molar-refractivity contribution in [3.63, 3.8) is 0 Å². The average molecular weight is 877 g/mol. The second kappa shape index (κ2) is 16.6. The Bertz CT molecular complexity index is 1920. The maximum atomic E-state index is 12.2. The number of aromatic nitrogens is 1. The number of benzene rings is 2. The Morgan fingerprint density at radius 1 is 0.917 bits per heavy atom. The Labute approximate surface area is 313 Å². The zero-order chi connectivity index (χ0) is 34.6. The number of aliphatic hydroxyl groups is 1. The van der Waals surface area contributed by atoms with Crippen molar-refractivity contribution in [2.24, 2.45) is 10.8 Å². The first-order valence-corrected chi connectivity index (χ1v) is 19.3. The van der Waals surface area contributed by atoms with Gasteiger partial charge in [0.15, 0.2) is 5.78 Å². The van der Waals surface area contributed by atoms with E-state index in [0.29, 0.717) is 0 Å². The number of thioether (sulfide) groups is 1. The van der Waals surface area contributed by atoms with Crippen LogP contribution in [-0.2, 0) is 30.3 Å². The molecule has 7 heteroatoms. The monoisotopic (exact) mass is 877 g/mol. The molecule has 3 heterocycles. The van der Waals surface area contributed by atoms with Crippen LogP contribution in [0.25, 0.3) is 41.5 Å². The number of ketones is 1. The largest absolute Gasteiger partial charge is 0.512 e. The molecule has 3 nitrogen and oxygen atoms in total. The molecular weight excluding hydrogens is 827 g/mol. The first-order chi connectivity index (χ1) is 22.2. The van der Waals surface area contributed by atoms with Crippen LogP contribution < -0.4 is 0 Å². The molecule has 0 amide bonds. The molecule has 0 aliphatic heterocycles. The molecule has 259 valence electrons. The molecule has 3 aromatic heterocycles. The van der Waals surface area contributed by atoms with E-state index >= 15 is 0 Å². The summed E-state index contributed by atoms with van der Waals surface area (Å²) in [4.78, 5) is 18.3. The third-order valence-electron chi connectivity index (χ3n) is 9.83. The summed E-state index contributed by atoms with van der Waals surface area (Å²) < 4.78 is 3.88. The number of thiophene rings is 2. The molecule has 2 aromatic carbocycles. The van der Waals surface area contributed by atoms with E-state index in [1.54, 1.807) is 23.1 Å². The number of fused-ring (bicyclic) bond motifs is 4. The van der Waals surface area contributed by atoms with E-state index in [-0.39, 0.29) is 47.9 Å². The minimum Gasteiger partial charge on any atom is -0.512 e. The van der Waals surface area contributed by atoms with Crippen LogP contribution in [0.2, 0.25) is 0 Å². The van der Waals surface area contributed by atoms with Crippen molar-refractivity contribution in [1.82, 2.24) is 4.98 Å². The molecule has 0 atom stereocenters. The van der Waals surface area contributed by atoms with Crippen LogP contribution >= 0.6 is 34.4 Å². The SMILES string of the molecule is C/C=C/Sc1ccc2c(c1)sc1c(-c3[c-]c4ccsc4c(C(C)(C)C)c3)nccc12.CCC(C)(CC)C(=O)/C=C(\O)C(C)(CC)CC.[Ir]. The smallest absolute Gasteiger partial charge is 0.164 e. The van der Waals surface area contributed by atoms with Crippen LogP contribution in [0.15, 0.2) is 76.2 Å². The van der Waals surface area contributed by atoms with E-state index < -0.39 is 0 Å². The zero-order valence-electron chi connectivity index (χ0n) is 30.0. The van der Waals surface area contributed by atoms with E-state index in [9.17, 15) is 9.90 Å². The summed E-state index contributed by atoms with van der Waals surface area (Å²) in [7, 11) is 0. The second-order valence-electron chi connectivity index (χ2n) is 13.8. The molecule has 1 radical (unpaired) electrons. The molecule has 0 spiro atoms. The van der Waals surface area contributed by atoms with Gasteiger partial charge in [-0.1, -0.05) is 97.3 Å². The number of hydrogen-bond acceptors (Lipinski definition) is 6. The summed E-state index contributed by atoms with van der Waals surface area (Å²) in [5, 5.41) is 18.2. The van der Waals surface area contributed by atoms with E-state index in [4.69, 9.17) is 4.98 Å². The van der Waals surface area contributed by atoms with Gasteiger partial charge in [0.2, 0.25) is 0 Å². The summed E-state index contributed by atoms with van der Waals surface area (Å²) in [6.07, 6.45) is 8.77. The average Bonchev–Trinajstić information content (AvgIpc) is 3.70. The second-order valence-corrected chi connectivity index (χ2v) is 16.8. The molecule has 48 heavy (non-hydrogen) atoms. The van der Waals surface area contributed by atoms with Crippen LogP contribution in [0.4, 0.5) is 0 Å². The van der Waals surface area contributed by atoms with Crippen LogP contribution in [0.5, 0.6) is 0 Å². The molecule has 1 N–H and O–H groups in total. The first kappa shape index (κ1) is 40.2. The van der Waals surface area contributed by atoms with Crippen molar-refractivity contribution in [2.75, 3.05) is 0 Å². The van der Waals surface area contributed by atoms with Crippen LogP contribution in [0.1, 0.15) is 100 Å². The minimum atomic E-state index is -0.337. The zero-order valence-corrected chi connectivity index (χ0v) is 34.9. The number of allylic oxidation sites excluding steroid dienone is 3. The maximum absolute atomic E-state index is 12.2. The number of rotatable bonds is 10. The van der Waals surface area contributed by atoms with E-state index in [1.165, 1.54) is 46.8 Å². The minimum absolute atomic E-state index is 0. The summed E-state index contributed by atoms with van der Waals surface area (Å²) in [6, 6.07) is 17.0. The Kier molecular flexibility index (Phi) is 13.9. The van der Waals surface area contributed by atoms with Crippen LogP contribution in [0, 0.1) is 16.9 Å². The first-order valence-electron chi connectivity index (χ1n) is 16.7. The Morgan fingerprint density at radius 2 is 1.58 bits per heavy atom. The van der Waals surface area contributed by atoms with Crippen molar-refractivity contribution >= 4 is 70.5 Å². The Hall–Kier alpha value is -2.28. The number of hydrogen-bond donors (Lipinski definition) is 1. The third-order valence-corrected chi connectivity index (χ3v) is 12.9. The third kappa shape index (κ3) is 8.53. The molecule has 0 fully saturated rings. The number of carbonyl (C=O) groups excluding carboxylic acids is 1.